The van der Waals surface area contributed by atoms with Gasteiger partial charge in [0, 0.05) is 37.0 Å². The summed E-state index contributed by atoms with van der Waals surface area (Å²) in [5.74, 6) is -1.34. The van der Waals surface area contributed by atoms with E-state index in [1.807, 2.05) is 6.07 Å². The first-order valence-corrected chi connectivity index (χ1v) is 10.8. The Kier molecular flexibility index (Phi) is 7.58. The average molecular weight is 435 g/mol. The third kappa shape index (κ3) is 5.06. The Bertz CT molecular complexity index is 851. The molecule has 1 amide bonds. The number of piperidine rings is 1. The lowest BCUT2D eigenvalue weighted by molar-refractivity contribution is -0.240. The van der Waals surface area contributed by atoms with Crippen LogP contribution in [0.4, 0.5) is 4.39 Å². The Labute approximate surface area is 180 Å². The van der Waals surface area contributed by atoms with Crippen molar-refractivity contribution in [3.05, 3.63) is 58.0 Å². The molecule has 1 fully saturated rings. The molecule has 0 unspecified atom stereocenters. The number of hydrogen-bond acceptors (Lipinski definition) is 6. The summed E-state index contributed by atoms with van der Waals surface area (Å²) in [6.07, 6.45) is 1.73. The number of esters is 1. The van der Waals surface area contributed by atoms with E-state index in [0.29, 0.717) is 31.5 Å². The minimum atomic E-state index is -1.22. The molecule has 2 aromatic rings. The average Bonchev–Trinajstić information content (AvgIpc) is 3.27. The van der Waals surface area contributed by atoms with Crippen LogP contribution in [0.25, 0.3) is 0 Å². The monoisotopic (exact) mass is 434 g/mol. The van der Waals surface area contributed by atoms with E-state index in [0.717, 1.165) is 18.0 Å². The van der Waals surface area contributed by atoms with Gasteiger partial charge in [-0.3, -0.25) is 9.63 Å². The van der Waals surface area contributed by atoms with E-state index in [-0.39, 0.29) is 6.61 Å². The minimum absolute atomic E-state index is 0.146. The molecule has 1 saturated heterocycles. The first-order chi connectivity index (χ1) is 14.5. The van der Waals surface area contributed by atoms with Crippen molar-refractivity contribution in [3.8, 4) is 0 Å². The molecule has 0 N–H and O–H groups in total. The second-order valence-electron chi connectivity index (χ2n) is 7.37. The lowest BCUT2D eigenvalue weighted by atomic mass is 9.86. The van der Waals surface area contributed by atoms with Crippen LogP contribution in [0.3, 0.4) is 0 Å². The van der Waals surface area contributed by atoms with Gasteiger partial charge in [0.15, 0.2) is 5.54 Å². The number of likely N-dealkylation sites (tertiary alicyclic amines) is 1. The highest BCUT2D eigenvalue weighted by atomic mass is 32.1. The van der Waals surface area contributed by atoms with E-state index >= 15 is 0 Å². The fourth-order valence-corrected chi connectivity index (χ4v) is 4.51. The summed E-state index contributed by atoms with van der Waals surface area (Å²) >= 11 is 1.73. The number of carbonyl (C=O) groups excluding carboxylic acids is 2. The number of thiophene rings is 1. The maximum Gasteiger partial charge on any atom is 0.334 e. The van der Waals surface area contributed by atoms with Crippen LogP contribution in [0, 0.1) is 5.82 Å². The smallest absolute Gasteiger partial charge is 0.334 e. The molecular formula is C22H27FN2O4S. The first kappa shape index (κ1) is 22.4. The Hall–Kier alpha value is -2.29. The number of hydroxylamine groups is 2. The number of hydrogen-bond donors (Lipinski definition) is 0. The Morgan fingerprint density at radius 1 is 1.20 bits per heavy atom. The quantitative estimate of drug-likeness (QED) is 0.471. The summed E-state index contributed by atoms with van der Waals surface area (Å²) < 4.78 is 19.0. The van der Waals surface area contributed by atoms with E-state index in [4.69, 9.17) is 9.57 Å². The van der Waals surface area contributed by atoms with Crippen molar-refractivity contribution in [2.24, 2.45) is 0 Å². The molecule has 0 bridgehead atoms. The van der Waals surface area contributed by atoms with Crippen molar-refractivity contribution in [2.75, 3.05) is 26.7 Å². The zero-order valence-electron chi connectivity index (χ0n) is 17.3. The van der Waals surface area contributed by atoms with E-state index in [9.17, 15) is 14.0 Å². The molecule has 1 aliphatic heterocycles. The van der Waals surface area contributed by atoms with Gasteiger partial charge in [-0.15, -0.1) is 11.3 Å². The van der Waals surface area contributed by atoms with E-state index in [2.05, 4.69) is 16.3 Å². The third-order valence-corrected chi connectivity index (χ3v) is 6.42. The van der Waals surface area contributed by atoms with Crippen molar-refractivity contribution in [3.63, 3.8) is 0 Å². The maximum absolute atomic E-state index is 14.0. The largest absolute Gasteiger partial charge is 0.467 e. The molecule has 0 spiro atoms. The van der Waals surface area contributed by atoms with Gasteiger partial charge < -0.3 is 9.64 Å². The van der Waals surface area contributed by atoms with Crippen LogP contribution in [0.2, 0.25) is 0 Å². The Balaban J connectivity index is 1.70. The minimum Gasteiger partial charge on any atom is -0.467 e. The van der Waals surface area contributed by atoms with Crippen LogP contribution < -0.4 is 0 Å². The standard InChI is InChI=1S/C22H27FN2O4S/c1-17(26)25(29-16-18-6-3-4-8-20(18)23)22(21(27)28-2)10-13-24(14-11-22)12-9-19-7-5-15-30-19/h3-8,15H,9-14,16H2,1-2H3. The fraction of sp³-hybridized carbons (Fsp3) is 0.455. The van der Waals surface area contributed by atoms with Crippen molar-refractivity contribution >= 4 is 23.2 Å². The van der Waals surface area contributed by atoms with Crippen LogP contribution in [-0.4, -0.2) is 54.1 Å². The molecule has 1 aromatic carbocycles. The summed E-state index contributed by atoms with van der Waals surface area (Å²) in [6, 6.07) is 10.4. The van der Waals surface area contributed by atoms with Crippen molar-refractivity contribution in [2.45, 2.75) is 38.3 Å². The first-order valence-electron chi connectivity index (χ1n) is 9.96. The highest BCUT2D eigenvalue weighted by molar-refractivity contribution is 7.09. The summed E-state index contributed by atoms with van der Waals surface area (Å²) in [6.45, 7) is 3.34. The molecule has 6 nitrogen and oxygen atoms in total. The molecule has 0 saturated carbocycles. The topological polar surface area (TPSA) is 59.1 Å². The molecule has 162 valence electrons. The second kappa shape index (κ2) is 10.1. The summed E-state index contributed by atoms with van der Waals surface area (Å²) in [4.78, 5) is 34.5. The van der Waals surface area contributed by atoms with Crippen molar-refractivity contribution in [1.29, 1.82) is 0 Å². The predicted octanol–water partition coefficient (Wildman–Crippen LogP) is 3.42. The number of benzene rings is 1. The molecule has 0 atom stereocenters. The SMILES string of the molecule is COC(=O)C1(N(OCc2ccccc2F)C(C)=O)CCN(CCc2cccs2)CC1. The summed E-state index contributed by atoms with van der Waals surface area (Å²) in [5.41, 5.74) is -0.900. The number of nitrogens with zero attached hydrogens (tertiary/aromatic N) is 2. The molecule has 30 heavy (non-hydrogen) atoms. The number of carbonyl (C=O) groups is 2. The predicted molar refractivity (Wildman–Crippen MR) is 112 cm³/mol. The van der Waals surface area contributed by atoms with Gasteiger partial charge in [0.25, 0.3) is 0 Å². The molecule has 1 aromatic heterocycles. The van der Waals surface area contributed by atoms with Gasteiger partial charge >= 0.3 is 5.97 Å². The highest BCUT2D eigenvalue weighted by Crippen LogP contribution is 2.32. The number of methoxy groups -OCH3 is 1. The van der Waals surface area contributed by atoms with E-state index in [1.165, 1.54) is 25.0 Å². The summed E-state index contributed by atoms with van der Waals surface area (Å²) in [7, 11) is 1.31. The second-order valence-corrected chi connectivity index (χ2v) is 8.40. The third-order valence-electron chi connectivity index (χ3n) is 5.48. The van der Waals surface area contributed by atoms with Crippen LogP contribution in [0.5, 0.6) is 0 Å². The van der Waals surface area contributed by atoms with Crippen LogP contribution >= 0.6 is 11.3 Å². The van der Waals surface area contributed by atoms with Gasteiger partial charge in [0.2, 0.25) is 5.91 Å². The Morgan fingerprint density at radius 2 is 1.93 bits per heavy atom. The van der Waals surface area contributed by atoms with Crippen molar-refractivity contribution < 1.29 is 23.6 Å². The number of rotatable bonds is 8. The lowest BCUT2D eigenvalue weighted by Gasteiger charge is -2.45. The van der Waals surface area contributed by atoms with Gasteiger partial charge in [-0.1, -0.05) is 24.3 Å². The number of halogens is 1. The van der Waals surface area contributed by atoms with Gasteiger partial charge in [0.05, 0.1) is 7.11 Å². The summed E-state index contributed by atoms with van der Waals surface area (Å²) in [5, 5.41) is 3.16. The number of ether oxygens (including phenoxy) is 1. The van der Waals surface area contributed by atoms with Crippen molar-refractivity contribution in [1.82, 2.24) is 9.96 Å². The lowest BCUT2D eigenvalue weighted by Crippen LogP contribution is -2.61. The molecule has 0 aliphatic carbocycles. The van der Waals surface area contributed by atoms with Gasteiger partial charge in [-0.2, -0.15) is 0 Å². The van der Waals surface area contributed by atoms with Gasteiger partial charge in [0.1, 0.15) is 12.4 Å². The Morgan fingerprint density at radius 3 is 2.53 bits per heavy atom. The van der Waals surface area contributed by atoms with Crippen LogP contribution in [0.1, 0.15) is 30.2 Å². The zero-order chi connectivity index (χ0) is 21.6. The normalized spacial score (nSPS) is 16.2. The highest BCUT2D eigenvalue weighted by Gasteiger charge is 2.50. The number of amides is 1. The molecule has 8 heteroatoms. The molecular weight excluding hydrogens is 407 g/mol. The van der Waals surface area contributed by atoms with Crippen LogP contribution in [0.15, 0.2) is 41.8 Å². The van der Waals surface area contributed by atoms with E-state index in [1.54, 1.807) is 29.5 Å². The molecule has 1 aliphatic rings. The van der Waals surface area contributed by atoms with Crippen LogP contribution in [-0.2, 0) is 32.2 Å². The molecule has 0 radical (unpaired) electrons. The molecule has 3 rings (SSSR count). The maximum atomic E-state index is 14.0. The zero-order valence-corrected chi connectivity index (χ0v) is 18.1. The van der Waals surface area contributed by atoms with Gasteiger partial charge in [-0.25, -0.2) is 14.2 Å². The van der Waals surface area contributed by atoms with E-state index < -0.39 is 23.2 Å². The van der Waals surface area contributed by atoms with Gasteiger partial charge in [-0.05, 0) is 36.8 Å². The molecule has 2 heterocycles. The fourth-order valence-electron chi connectivity index (χ4n) is 3.82.